The van der Waals surface area contributed by atoms with Crippen molar-refractivity contribution in [1.29, 1.82) is 0 Å². The molecule has 7 nitrogen and oxygen atoms in total. The molecule has 2 aromatic heterocycles. The van der Waals surface area contributed by atoms with Gasteiger partial charge in [-0.15, -0.1) is 0 Å². The first kappa shape index (κ1) is 17.7. The van der Waals surface area contributed by atoms with E-state index in [2.05, 4.69) is 20.9 Å². The molecule has 0 aliphatic heterocycles. The highest BCUT2D eigenvalue weighted by molar-refractivity contribution is 9.10. The second-order valence-corrected chi connectivity index (χ2v) is 8.32. The summed E-state index contributed by atoms with van der Waals surface area (Å²) < 4.78 is 36.0. The Morgan fingerprint density at radius 1 is 1.24 bits per heavy atom. The van der Waals surface area contributed by atoms with E-state index in [1.54, 1.807) is 0 Å². The number of nitrogens with one attached hydrogen (secondary N) is 1. The molecule has 2 heterocycles. The summed E-state index contributed by atoms with van der Waals surface area (Å²) in [5.41, 5.74) is 1.09. The molecule has 25 heavy (non-hydrogen) atoms. The molecule has 0 spiro atoms. The average molecular weight is 427 g/mol. The van der Waals surface area contributed by atoms with Crippen LogP contribution >= 0.6 is 15.9 Å². The summed E-state index contributed by atoms with van der Waals surface area (Å²) in [6.07, 6.45) is 0. The highest BCUT2D eigenvalue weighted by Gasteiger charge is 2.22. The van der Waals surface area contributed by atoms with Gasteiger partial charge < -0.3 is 14.1 Å². The van der Waals surface area contributed by atoms with E-state index in [-0.39, 0.29) is 23.2 Å². The minimum atomic E-state index is -3.66. The number of hydrogen-bond donors (Lipinski definition) is 1. The van der Waals surface area contributed by atoms with Crippen LogP contribution in [-0.4, -0.2) is 37.8 Å². The number of rotatable bonds is 5. The van der Waals surface area contributed by atoms with E-state index < -0.39 is 16.0 Å². The number of aromatic nitrogens is 1. The summed E-state index contributed by atoms with van der Waals surface area (Å²) in [7, 11) is -0.843. The lowest BCUT2D eigenvalue weighted by atomic mass is 10.2. The Labute approximate surface area is 152 Å². The highest BCUT2D eigenvalue weighted by atomic mass is 79.9. The van der Waals surface area contributed by atoms with Gasteiger partial charge in [-0.25, -0.2) is 17.5 Å². The molecule has 0 fully saturated rings. The number of sulfonamides is 1. The van der Waals surface area contributed by atoms with Gasteiger partial charge in [0.05, 0.1) is 4.47 Å². The molecule has 0 unspecified atom stereocenters. The Bertz CT molecular complexity index is 1040. The fraction of sp³-hybridized carbons (Fsp3) is 0.188. The second kappa shape index (κ2) is 6.66. The van der Waals surface area contributed by atoms with Gasteiger partial charge in [0.25, 0.3) is 10.0 Å². The third kappa shape index (κ3) is 3.35. The van der Waals surface area contributed by atoms with E-state index in [0.29, 0.717) is 4.47 Å². The number of ether oxygens (including phenoxy) is 1. The molecular formula is C16H15BrN2O5S. The van der Waals surface area contributed by atoms with Crippen molar-refractivity contribution in [3.8, 4) is 0 Å². The number of para-hydroxylation sites is 1. The number of carbonyl (C=O) groups is 1. The number of nitrogens with zero attached hydrogens (tertiary/aromatic N) is 1. The van der Waals surface area contributed by atoms with Crippen LogP contribution in [0.1, 0.15) is 16.2 Å². The molecule has 0 aliphatic carbocycles. The third-order valence-electron chi connectivity index (χ3n) is 3.56. The maximum absolute atomic E-state index is 12.3. The predicted octanol–water partition coefficient (Wildman–Crippen LogP) is 3.13. The Morgan fingerprint density at radius 2 is 1.96 bits per heavy atom. The first-order valence-electron chi connectivity index (χ1n) is 7.25. The normalized spacial score (nSPS) is 12.0. The topological polar surface area (TPSA) is 92.6 Å². The molecule has 1 aromatic carbocycles. The van der Waals surface area contributed by atoms with Crippen LogP contribution in [-0.2, 0) is 21.4 Å². The lowest BCUT2D eigenvalue weighted by Crippen LogP contribution is -2.21. The fourth-order valence-electron chi connectivity index (χ4n) is 2.21. The monoisotopic (exact) mass is 426 g/mol. The quantitative estimate of drug-likeness (QED) is 0.632. The summed E-state index contributed by atoms with van der Waals surface area (Å²) in [6, 6.07) is 10.2. The van der Waals surface area contributed by atoms with E-state index in [4.69, 9.17) is 9.15 Å². The van der Waals surface area contributed by atoms with Crippen LogP contribution in [0.3, 0.4) is 0 Å². The number of fused-ring (bicyclic) bond motifs is 1. The highest BCUT2D eigenvalue weighted by Crippen LogP contribution is 2.28. The van der Waals surface area contributed by atoms with Gasteiger partial charge in [-0.2, -0.15) is 0 Å². The number of hydrogen-bond acceptors (Lipinski definition) is 5. The molecule has 0 bridgehead atoms. The van der Waals surface area contributed by atoms with Gasteiger partial charge in [0.1, 0.15) is 18.1 Å². The first-order chi connectivity index (χ1) is 11.8. The lowest BCUT2D eigenvalue weighted by Gasteiger charge is -2.07. The number of H-pyrrole nitrogens is 1. The largest absolute Gasteiger partial charge is 0.453 e. The van der Waals surface area contributed by atoms with Crippen molar-refractivity contribution < 1.29 is 22.4 Å². The van der Waals surface area contributed by atoms with Crippen LogP contribution in [0.25, 0.3) is 10.9 Å². The summed E-state index contributed by atoms with van der Waals surface area (Å²) in [5.74, 6) is -0.336. The first-order valence-corrected chi connectivity index (χ1v) is 9.48. The molecule has 0 saturated carbocycles. The van der Waals surface area contributed by atoms with Gasteiger partial charge in [-0.3, -0.25) is 0 Å². The van der Waals surface area contributed by atoms with Crippen LogP contribution in [0.5, 0.6) is 0 Å². The minimum Gasteiger partial charge on any atom is -0.453 e. The minimum absolute atomic E-state index is 0.177. The second-order valence-electron chi connectivity index (χ2n) is 5.44. The number of carbonyl (C=O) groups excluding carboxylic acids is 1. The van der Waals surface area contributed by atoms with Crippen molar-refractivity contribution >= 4 is 42.8 Å². The van der Waals surface area contributed by atoms with E-state index in [9.17, 15) is 13.2 Å². The van der Waals surface area contributed by atoms with E-state index in [1.165, 1.54) is 26.2 Å². The molecular weight excluding hydrogens is 412 g/mol. The van der Waals surface area contributed by atoms with Crippen molar-refractivity contribution in [2.75, 3.05) is 14.1 Å². The Balaban J connectivity index is 1.74. The Kier molecular flexibility index (Phi) is 4.72. The van der Waals surface area contributed by atoms with Crippen LogP contribution in [0.2, 0.25) is 0 Å². The van der Waals surface area contributed by atoms with E-state index in [0.717, 1.165) is 15.2 Å². The maximum atomic E-state index is 12.3. The van der Waals surface area contributed by atoms with Crippen molar-refractivity contribution in [2.45, 2.75) is 11.7 Å². The van der Waals surface area contributed by atoms with E-state index in [1.807, 2.05) is 24.3 Å². The summed E-state index contributed by atoms with van der Waals surface area (Å²) >= 11 is 3.38. The zero-order valence-electron chi connectivity index (χ0n) is 13.4. The molecule has 132 valence electrons. The lowest BCUT2D eigenvalue weighted by molar-refractivity contribution is 0.0433. The van der Waals surface area contributed by atoms with Crippen LogP contribution in [0.15, 0.2) is 50.4 Å². The van der Waals surface area contributed by atoms with Gasteiger partial charge in [0.2, 0.25) is 5.09 Å². The van der Waals surface area contributed by atoms with Gasteiger partial charge >= 0.3 is 5.97 Å². The predicted molar refractivity (Wildman–Crippen MR) is 94.7 cm³/mol. The fourth-order valence-corrected chi connectivity index (χ4v) is 3.63. The Morgan fingerprint density at radius 3 is 2.64 bits per heavy atom. The zero-order valence-corrected chi connectivity index (χ0v) is 15.8. The standard InChI is InChI=1S/C16H15BrN2O5S/c1-19(2)25(21,22)13-8-7-10(24-13)9-23-16(20)15-14(17)11-5-3-4-6-12(11)18-15/h3-8,18H,9H2,1-2H3. The number of esters is 1. The Hall–Kier alpha value is -2.10. The van der Waals surface area contributed by atoms with Gasteiger partial charge in [0.15, 0.2) is 0 Å². The van der Waals surface area contributed by atoms with Crippen molar-refractivity contribution in [2.24, 2.45) is 0 Å². The SMILES string of the molecule is CN(C)S(=O)(=O)c1ccc(COC(=O)c2[nH]c3ccccc3c2Br)o1. The molecule has 3 aromatic rings. The molecule has 9 heteroatoms. The average Bonchev–Trinajstić information content (AvgIpc) is 3.18. The number of aromatic amines is 1. The molecule has 1 N–H and O–H groups in total. The van der Waals surface area contributed by atoms with E-state index >= 15 is 0 Å². The van der Waals surface area contributed by atoms with Crippen LogP contribution in [0, 0.1) is 0 Å². The summed E-state index contributed by atoms with van der Waals surface area (Å²) in [6.45, 7) is -0.177. The zero-order chi connectivity index (χ0) is 18.2. The van der Waals surface area contributed by atoms with Crippen molar-refractivity contribution in [3.05, 3.63) is 52.3 Å². The van der Waals surface area contributed by atoms with Crippen LogP contribution in [0.4, 0.5) is 0 Å². The van der Waals surface area contributed by atoms with Gasteiger partial charge in [-0.05, 0) is 34.1 Å². The summed E-state index contributed by atoms with van der Waals surface area (Å²) in [4.78, 5) is 15.3. The molecule has 3 rings (SSSR count). The third-order valence-corrected chi connectivity index (χ3v) is 6.08. The maximum Gasteiger partial charge on any atom is 0.356 e. The molecule has 0 radical (unpaired) electrons. The van der Waals surface area contributed by atoms with Gasteiger partial charge in [0, 0.05) is 25.0 Å². The molecule has 0 saturated heterocycles. The molecule has 0 atom stereocenters. The smallest absolute Gasteiger partial charge is 0.356 e. The van der Waals surface area contributed by atoms with Crippen molar-refractivity contribution in [3.63, 3.8) is 0 Å². The number of halogens is 1. The summed E-state index contributed by atoms with van der Waals surface area (Å²) in [5, 5.41) is 0.669. The number of benzene rings is 1. The molecule has 0 aliphatic rings. The van der Waals surface area contributed by atoms with Crippen LogP contribution < -0.4 is 0 Å². The van der Waals surface area contributed by atoms with Gasteiger partial charge in [-0.1, -0.05) is 18.2 Å². The molecule has 0 amide bonds. The van der Waals surface area contributed by atoms with Crippen molar-refractivity contribution in [1.82, 2.24) is 9.29 Å². The number of furan rings is 1.